The van der Waals surface area contributed by atoms with Crippen LogP contribution < -0.4 is 0 Å². The maximum absolute atomic E-state index is 11.5. The topological polar surface area (TPSA) is 80.3 Å². The van der Waals surface area contributed by atoms with Crippen molar-refractivity contribution in [2.45, 2.75) is 51.9 Å². The molecular formula is C18H34O7. The fourth-order valence-corrected chi connectivity index (χ4v) is 1.99. The second-order valence-electron chi connectivity index (χ2n) is 5.59. The lowest BCUT2D eigenvalue weighted by atomic mass is 10.1. The predicted octanol–water partition coefficient (Wildman–Crippen LogP) is 2.50. The number of rotatable bonds is 18. The summed E-state index contributed by atoms with van der Waals surface area (Å²) in [5, 5.41) is 0. The van der Waals surface area contributed by atoms with E-state index in [4.69, 9.17) is 18.9 Å². The van der Waals surface area contributed by atoms with Crippen LogP contribution in [-0.4, -0.2) is 65.3 Å². The van der Waals surface area contributed by atoms with Crippen LogP contribution in [0.25, 0.3) is 0 Å². The maximum atomic E-state index is 11.5. The number of methoxy groups -OCH3 is 1. The van der Waals surface area contributed by atoms with E-state index in [2.05, 4.69) is 11.7 Å². The van der Waals surface area contributed by atoms with Crippen molar-refractivity contribution < 1.29 is 33.3 Å². The molecule has 0 aromatic rings. The van der Waals surface area contributed by atoms with Crippen LogP contribution >= 0.6 is 0 Å². The van der Waals surface area contributed by atoms with Crippen molar-refractivity contribution in [1.82, 2.24) is 0 Å². The summed E-state index contributed by atoms with van der Waals surface area (Å²) in [5.41, 5.74) is 0. The second-order valence-corrected chi connectivity index (χ2v) is 5.59. The molecule has 0 spiro atoms. The zero-order valence-corrected chi connectivity index (χ0v) is 15.8. The molecule has 0 rings (SSSR count). The molecule has 0 unspecified atom stereocenters. The van der Waals surface area contributed by atoms with Gasteiger partial charge in [-0.15, -0.1) is 0 Å². The summed E-state index contributed by atoms with van der Waals surface area (Å²) in [4.78, 5) is 22.3. The molecule has 0 aromatic heterocycles. The highest BCUT2D eigenvalue weighted by atomic mass is 16.6. The number of hydrogen-bond donors (Lipinski definition) is 0. The third kappa shape index (κ3) is 19.0. The lowest BCUT2D eigenvalue weighted by molar-refractivity contribution is -0.146. The molecule has 7 heteroatoms. The average Bonchev–Trinajstić information content (AvgIpc) is 2.62. The van der Waals surface area contributed by atoms with E-state index in [1.165, 1.54) is 32.8 Å². The Kier molecular flexibility index (Phi) is 18.2. The van der Waals surface area contributed by atoms with Crippen molar-refractivity contribution in [1.29, 1.82) is 0 Å². The molecule has 0 aliphatic carbocycles. The van der Waals surface area contributed by atoms with Gasteiger partial charge in [0.15, 0.2) is 0 Å². The Labute approximate surface area is 151 Å². The minimum atomic E-state index is -0.408. The number of carbonyl (C=O) groups excluding carboxylic acids is 2. The highest BCUT2D eigenvalue weighted by molar-refractivity contribution is 5.70. The number of ether oxygens (including phenoxy) is 5. The summed E-state index contributed by atoms with van der Waals surface area (Å²) in [6, 6.07) is 0. The SMILES string of the molecule is CCCCCCCCC(=O)OCCOCCOCCOCC(=O)OC. The first kappa shape index (κ1) is 23.8. The number of esters is 2. The maximum Gasteiger partial charge on any atom is 0.331 e. The molecule has 25 heavy (non-hydrogen) atoms. The Hall–Kier alpha value is -1.18. The van der Waals surface area contributed by atoms with Crippen molar-refractivity contribution in [3.8, 4) is 0 Å². The Balaban J connectivity index is 3.17. The van der Waals surface area contributed by atoms with Gasteiger partial charge >= 0.3 is 11.9 Å². The van der Waals surface area contributed by atoms with Crippen LogP contribution in [0.3, 0.4) is 0 Å². The molecule has 0 amide bonds. The first-order valence-corrected chi connectivity index (χ1v) is 9.16. The lowest BCUT2D eigenvalue weighted by Crippen LogP contribution is -2.15. The summed E-state index contributed by atoms with van der Waals surface area (Å²) >= 11 is 0. The number of unbranched alkanes of at least 4 members (excludes halogenated alkanes) is 5. The van der Waals surface area contributed by atoms with Gasteiger partial charge < -0.3 is 23.7 Å². The Bertz CT molecular complexity index is 321. The highest BCUT2D eigenvalue weighted by Gasteiger charge is 2.02. The molecule has 0 atom stereocenters. The van der Waals surface area contributed by atoms with Gasteiger partial charge in [-0.1, -0.05) is 39.0 Å². The van der Waals surface area contributed by atoms with Gasteiger partial charge in [-0.25, -0.2) is 4.79 Å². The van der Waals surface area contributed by atoms with E-state index in [0.717, 1.165) is 12.8 Å². The molecule has 0 N–H and O–H groups in total. The fourth-order valence-electron chi connectivity index (χ4n) is 1.99. The second kappa shape index (κ2) is 19.1. The zero-order chi connectivity index (χ0) is 18.6. The monoisotopic (exact) mass is 362 g/mol. The summed E-state index contributed by atoms with van der Waals surface area (Å²) < 4.78 is 25.1. The van der Waals surface area contributed by atoms with Crippen LogP contribution in [0.15, 0.2) is 0 Å². The van der Waals surface area contributed by atoms with Gasteiger partial charge in [0, 0.05) is 6.42 Å². The minimum Gasteiger partial charge on any atom is -0.467 e. The van der Waals surface area contributed by atoms with E-state index >= 15 is 0 Å². The summed E-state index contributed by atoms with van der Waals surface area (Å²) in [7, 11) is 1.31. The van der Waals surface area contributed by atoms with Gasteiger partial charge in [0.1, 0.15) is 13.2 Å². The Morgan fingerprint density at radius 1 is 0.680 bits per heavy atom. The predicted molar refractivity (Wildman–Crippen MR) is 93.4 cm³/mol. The Morgan fingerprint density at radius 3 is 1.88 bits per heavy atom. The molecule has 0 aromatic carbocycles. The average molecular weight is 362 g/mol. The van der Waals surface area contributed by atoms with E-state index in [1.54, 1.807) is 0 Å². The highest BCUT2D eigenvalue weighted by Crippen LogP contribution is 2.07. The molecule has 0 aliphatic heterocycles. The fraction of sp³-hybridized carbons (Fsp3) is 0.889. The van der Waals surface area contributed by atoms with Crippen LogP contribution in [0.2, 0.25) is 0 Å². The minimum absolute atomic E-state index is 0.0690. The normalized spacial score (nSPS) is 10.6. The molecule has 148 valence electrons. The van der Waals surface area contributed by atoms with Crippen LogP contribution in [0.1, 0.15) is 51.9 Å². The van der Waals surface area contributed by atoms with E-state index in [9.17, 15) is 9.59 Å². The number of carbonyl (C=O) groups is 2. The molecule has 0 heterocycles. The quantitative estimate of drug-likeness (QED) is 0.274. The van der Waals surface area contributed by atoms with Crippen molar-refractivity contribution in [2.75, 3.05) is 53.4 Å². The van der Waals surface area contributed by atoms with Gasteiger partial charge in [-0.05, 0) is 6.42 Å². The summed E-state index contributed by atoms with van der Waals surface area (Å²) in [6.07, 6.45) is 7.42. The summed E-state index contributed by atoms with van der Waals surface area (Å²) in [5.74, 6) is -0.563. The Morgan fingerprint density at radius 2 is 1.24 bits per heavy atom. The van der Waals surface area contributed by atoms with Gasteiger partial charge in [-0.3, -0.25) is 4.79 Å². The van der Waals surface area contributed by atoms with E-state index < -0.39 is 5.97 Å². The number of hydrogen-bond acceptors (Lipinski definition) is 7. The third-order valence-electron chi connectivity index (χ3n) is 3.42. The molecular weight excluding hydrogens is 328 g/mol. The van der Waals surface area contributed by atoms with E-state index in [1.807, 2.05) is 0 Å². The molecule has 0 aliphatic rings. The first-order valence-electron chi connectivity index (χ1n) is 9.16. The van der Waals surface area contributed by atoms with E-state index in [0.29, 0.717) is 39.5 Å². The van der Waals surface area contributed by atoms with Crippen molar-refractivity contribution >= 4 is 11.9 Å². The molecule has 0 saturated heterocycles. The molecule has 7 nitrogen and oxygen atoms in total. The van der Waals surface area contributed by atoms with Crippen LogP contribution in [0, 0.1) is 0 Å². The van der Waals surface area contributed by atoms with Crippen molar-refractivity contribution in [3.05, 3.63) is 0 Å². The smallest absolute Gasteiger partial charge is 0.331 e. The van der Waals surface area contributed by atoms with E-state index in [-0.39, 0.29) is 19.2 Å². The first-order chi connectivity index (χ1) is 12.2. The lowest BCUT2D eigenvalue weighted by Gasteiger charge is -2.07. The summed E-state index contributed by atoms with van der Waals surface area (Å²) in [6.45, 7) is 4.31. The standard InChI is InChI=1S/C18H34O7/c1-3-4-5-6-7-8-9-17(19)25-15-14-23-11-10-22-12-13-24-16-18(20)21-2/h3-16H2,1-2H3. The van der Waals surface area contributed by atoms with Crippen molar-refractivity contribution in [3.63, 3.8) is 0 Å². The zero-order valence-electron chi connectivity index (χ0n) is 15.8. The van der Waals surface area contributed by atoms with Crippen LogP contribution in [0.5, 0.6) is 0 Å². The van der Waals surface area contributed by atoms with Gasteiger partial charge in [0.2, 0.25) is 0 Å². The van der Waals surface area contributed by atoms with Gasteiger partial charge in [-0.2, -0.15) is 0 Å². The third-order valence-corrected chi connectivity index (χ3v) is 3.42. The van der Waals surface area contributed by atoms with Gasteiger partial charge in [0.05, 0.1) is 40.1 Å². The molecule has 0 radical (unpaired) electrons. The molecule has 0 bridgehead atoms. The van der Waals surface area contributed by atoms with Gasteiger partial charge in [0.25, 0.3) is 0 Å². The molecule has 0 saturated carbocycles. The van der Waals surface area contributed by atoms with Crippen LogP contribution in [-0.2, 0) is 33.3 Å². The molecule has 0 fully saturated rings. The van der Waals surface area contributed by atoms with Crippen LogP contribution in [0.4, 0.5) is 0 Å². The van der Waals surface area contributed by atoms with Crippen molar-refractivity contribution in [2.24, 2.45) is 0 Å². The largest absolute Gasteiger partial charge is 0.467 e.